The summed E-state index contributed by atoms with van der Waals surface area (Å²) in [6.07, 6.45) is -0.116. The van der Waals surface area contributed by atoms with Crippen LogP contribution in [0.5, 0.6) is 5.75 Å². The number of rotatable bonds is 3. The molecule has 1 aromatic heterocycles. The summed E-state index contributed by atoms with van der Waals surface area (Å²) in [5.74, 6) is -0.0867. The smallest absolute Gasteiger partial charge is 0.193 e. The number of ketones is 1. The molecule has 2 aromatic rings. The summed E-state index contributed by atoms with van der Waals surface area (Å²) in [6.45, 7) is 1.03. The summed E-state index contributed by atoms with van der Waals surface area (Å²) in [6, 6.07) is 3.99. The molecular formula is C13H12O5. The Morgan fingerprint density at radius 3 is 2.72 bits per heavy atom. The maximum Gasteiger partial charge on any atom is 0.193 e. The van der Waals surface area contributed by atoms with E-state index in [0.717, 1.165) is 0 Å². The predicted molar refractivity (Wildman–Crippen MR) is 64.7 cm³/mol. The molecule has 0 bridgehead atoms. The van der Waals surface area contributed by atoms with Gasteiger partial charge in [-0.3, -0.25) is 9.59 Å². The van der Waals surface area contributed by atoms with Gasteiger partial charge < -0.3 is 14.6 Å². The summed E-state index contributed by atoms with van der Waals surface area (Å²) >= 11 is 0. The molecule has 0 aliphatic rings. The van der Waals surface area contributed by atoms with Crippen LogP contribution in [0.1, 0.15) is 11.3 Å². The highest BCUT2D eigenvalue weighted by molar-refractivity contribution is 5.89. The fourth-order valence-electron chi connectivity index (χ4n) is 1.88. The van der Waals surface area contributed by atoms with Crippen LogP contribution < -0.4 is 5.43 Å². The molecule has 0 atom stereocenters. The summed E-state index contributed by atoms with van der Waals surface area (Å²) < 4.78 is 5.35. The van der Waals surface area contributed by atoms with Gasteiger partial charge in [-0.2, -0.15) is 0 Å². The number of carbonyl (C=O) groups excluding carboxylic acids is 1. The SMILES string of the molecule is Cc1cc(=O)c2c(CC(=O)CO)cc(O)cc2o1. The van der Waals surface area contributed by atoms with Crippen LogP contribution in [0.25, 0.3) is 11.0 Å². The van der Waals surface area contributed by atoms with Crippen LogP contribution in [0, 0.1) is 6.92 Å². The van der Waals surface area contributed by atoms with E-state index in [0.29, 0.717) is 11.3 Å². The molecule has 0 aliphatic heterocycles. The van der Waals surface area contributed by atoms with Crippen molar-refractivity contribution in [3.8, 4) is 5.75 Å². The fourth-order valence-corrected chi connectivity index (χ4v) is 1.88. The first-order valence-electron chi connectivity index (χ1n) is 5.40. The lowest BCUT2D eigenvalue weighted by molar-refractivity contribution is -0.121. The van der Waals surface area contributed by atoms with Crippen LogP contribution in [0.15, 0.2) is 27.4 Å². The zero-order valence-corrected chi connectivity index (χ0v) is 9.77. The number of aryl methyl sites for hydroxylation is 1. The van der Waals surface area contributed by atoms with Crippen molar-refractivity contribution in [3.63, 3.8) is 0 Å². The van der Waals surface area contributed by atoms with Gasteiger partial charge in [-0.05, 0) is 18.6 Å². The third kappa shape index (κ3) is 2.26. The van der Waals surface area contributed by atoms with Crippen LogP contribution in [-0.2, 0) is 11.2 Å². The van der Waals surface area contributed by atoms with E-state index in [-0.39, 0.29) is 28.6 Å². The van der Waals surface area contributed by atoms with Gasteiger partial charge in [0.1, 0.15) is 23.7 Å². The molecule has 5 heteroatoms. The Labute approximate surface area is 102 Å². The lowest BCUT2D eigenvalue weighted by Crippen LogP contribution is -2.11. The molecule has 0 unspecified atom stereocenters. The molecular weight excluding hydrogens is 236 g/mol. The van der Waals surface area contributed by atoms with Crippen molar-refractivity contribution in [2.45, 2.75) is 13.3 Å². The molecule has 1 aromatic carbocycles. The number of aliphatic hydroxyl groups is 1. The number of aliphatic hydroxyl groups excluding tert-OH is 1. The van der Waals surface area contributed by atoms with E-state index < -0.39 is 12.4 Å². The number of hydrogen-bond donors (Lipinski definition) is 2. The van der Waals surface area contributed by atoms with Crippen molar-refractivity contribution in [1.29, 1.82) is 0 Å². The van der Waals surface area contributed by atoms with Gasteiger partial charge in [-0.25, -0.2) is 0 Å². The zero-order valence-electron chi connectivity index (χ0n) is 9.77. The van der Waals surface area contributed by atoms with Gasteiger partial charge in [-0.15, -0.1) is 0 Å². The van der Waals surface area contributed by atoms with Crippen molar-refractivity contribution >= 4 is 16.8 Å². The largest absolute Gasteiger partial charge is 0.508 e. The monoisotopic (exact) mass is 248 g/mol. The lowest BCUT2D eigenvalue weighted by Gasteiger charge is -2.06. The van der Waals surface area contributed by atoms with Gasteiger partial charge in [0.15, 0.2) is 11.2 Å². The van der Waals surface area contributed by atoms with Gasteiger partial charge in [0.2, 0.25) is 0 Å². The van der Waals surface area contributed by atoms with Crippen LogP contribution in [-0.4, -0.2) is 22.6 Å². The Morgan fingerprint density at radius 1 is 1.33 bits per heavy atom. The quantitative estimate of drug-likeness (QED) is 0.843. The number of phenolic OH excluding ortho intramolecular Hbond substituents is 1. The van der Waals surface area contributed by atoms with E-state index in [1.807, 2.05) is 0 Å². The standard InChI is InChI=1S/C13H12O5/c1-7-2-11(17)13-8(4-10(16)6-14)3-9(15)5-12(13)18-7/h2-3,5,14-15H,4,6H2,1H3. The Hall–Kier alpha value is -2.14. The topological polar surface area (TPSA) is 87.7 Å². The lowest BCUT2D eigenvalue weighted by atomic mass is 10.0. The number of carbonyl (C=O) groups is 1. The Morgan fingerprint density at radius 2 is 2.06 bits per heavy atom. The zero-order chi connectivity index (χ0) is 13.3. The maximum absolute atomic E-state index is 11.9. The third-order valence-electron chi connectivity index (χ3n) is 2.58. The molecule has 0 saturated heterocycles. The van der Waals surface area contributed by atoms with Crippen molar-refractivity contribution in [3.05, 3.63) is 39.7 Å². The molecule has 0 radical (unpaired) electrons. The predicted octanol–water partition coefficient (Wildman–Crippen LogP) is 0.911. The van der Waals surface area contributed by atoms with Crippen LogP contribution in [0.3, 0.4) is 0 Å². The summed E-state index contributed by atoms with van der Waals surface area (Å²) in [7, 11) is 0. The number of phenols is 1. The first-order valence-corrected chi connectivity index (χ1v) is 5.40. The normalized spacial score (nSPS) is 10.8. The number of benzene rings is 1. The molecule has 0 saturated carbocycles. The fraction of sp³-hybridized carbons (Fsp3) is 0.231. The maximum atomic E-state index is 11.9. The average Bonchev–Trinajstić information content (AvgIpc) is 2.26. The Balaban J connectivity index is 2.72. The van der Waals surface area contributed by atoms with Crippen molar-refractivity contribution < 1.29 is 19.4 Å². The number of hydrogen-bond acceptors (Lipinski definition) is 5. The van der Waals surface area contributed by atoms with E-state index in [9.17, 15) is 14.7 Å². The molecule has 2 rings (SSSR count). The van der Waals surface area contributed by atoms with Gasteiger partial charge in [0.25, 0.3) is 0 Å². The molecule has 0 aliphatic carbocycles. The number of fused-ring (bicyclic) bond motifs is 1. The van der Waals surface area contributed by atoms with Gasteiger partial charge in [-0.1, -0.05) is 0 Å². The highest BCUT2D eigenvalue weighted by atomic mass is 16.3. The number of Topliss-reactive ketones (excluding diaryl/α,β-unsaturated/α-hetero) is 1. The first-order chi connectivity index (χ1) is 8.51. The van der Waals surface area contributed by atoms with Gasteiger partial charge in [0, 0.05) is 18.6 Å². The minimum absolute atomic E-state index is 0.0861. The molecule has 94 valence electrons. The second-order valence-electron chi connectivity index (χ2n) is 4.07. The van der Waals surface area contributed by atoms with Gasteiger partial charge >= 0.3 is 0 Å². The Kier molecular flexibility index (Phi) is 3.16. The van der Waals surface area contributed by atoms with E-state index >= 15 is 0 Å². The summed E-state index contributed by atoms with van der Waals surface area (Å²) in [4.78, 5) is 23.1. The van der Waals surface area contributed by atoms with Gasteiger partial charge in [0.05, 0.1) is 5.39 Å². The van der Waals surface area contributed by atoms with Crippen molar-refractivity contribution in [2.75, 3.05) is 6.61 Å². The molecule has 1 heterocycles. The highest BCUT2D eigenvalue weighted by Crippen LogP contribution is 2.23. The number of aromatic hydroxyl groups is 1. The van der Waals surface area contributed by atoms with E-state index in [4.69, 9.17) is 9.52 Å². The minimum Gasteiger partial charge on any atom is -0.508 e. The van der Waals surface area contributed by atoms with Crippen LogP contribution >= 0.6 is 0 Å². The van der Waals surface area contributed by atoms with Crippen LogP contribution in [0.4, 0.5) is 0 Å². The molecule has 0 fully saturated rings. The van der Waals surface area contributed by atoms with E-state index in [2.05, 4.69) is 0 Å². The van der Waals surface area contributed by atoms with Crippen molar-refractivity contribution in [1.82, 2.24) is 0 Å². The third-order valence-corrected chi connectivity index (χ3v) is 2.58. The molecule has 0 spiro atoms. The highest BCUT2D eigenvalue weighted by Gasteiger charge is 2.13. The first kappa shape index (κ1) is 12.3. The Bertz CT molecular complexity index is 664. The molecule has 2 N–H and O–H groups in total. The van der Waals surface area contributed by atoms with E-state index in [1.54, 1.807) is 6.92 Å². The van der Waals surface area contributed by atoms with E-state index in [1.165, 1.54) is 18.2 Å². The van der Waals surface area contributed by atoms with Crippen molar-refractivity contribution in [2.24, 2.45) is 0 Å². The molecule has 18 heavy (non-hydrogen) atoms. The minimum atomic E-state index is -0.603. The second-order valence-corrected chi connectivity index (χ2v) is 4.07. The summed E-state index contributed by atoms with van der Waals surface area (Å²) in [5, 5.41) is 18.5. The second kappa shape index (κ2) is 4.62. The summed E-state index contributed by atoms with van der Waals surface area (Å²) in [5.41, 5.74) is 0.327. The molecule has 5 nitrogen and oxygen atoms in total. The van der Waals surface area contributed by atoms with Crippen LogP contribution in [0.2, 0.25) is 0 Å². The average molecular weight is 248 g/mol. The molecule has 0 amide bonds.